The van der Waals surface area contributed by atoms with Crippen molar-refractivity contribution < 1.29 is 18.8 Å². The maximum absolute atomic E-state index is 15.2. The van der Waals surface area contributed by atoms with Gasteiger partial charge in [-0.3, -0.25) is 24.2 Å². The van der Waals surface area contributed by atoms with Gasteiger partial charge in [0.05, 0.1) is 17.1 Å². The second-order valence-corrected chi connectivity index (χ2v) is 6.00. The molecule has 0 aromatic carbocycles. The highest BCUT2D eigenvalue weighted by molar-refractivity contribution is 7.14. The van der Waals surface area contributed by atoms with E-state index < -0.39 is 23.5 Å². The molecule has 1 unspecified atom stereocenters. The van der Waals surface area contributed by atoms with Crippen LogP contribution in [0.4, 0.5) is 9.39 Å². The van der Waals surface area contributed by atoms with Crippen molar-refractivity contribution >= 4 is 34.1 Å². The lowest BCUT2D eigenvalue weighted by Gasteiger charge is -2.39. The van der Waals surface area contributed by atoms with Gasteiger partial charge in [0, 0.05) is 30.3 Å². The Morgan fingerprint density at radius 3 is 2.76 bits per heavy atom. The van der Waals surface area contributed by atoms with Crippen molar-refractivity contribution in [3.05, 3.63) is 16.5 Å². The highest BCUT2D eigenvalue weighted by atomic mass is 32.1. The van der Waals surface area contributed by atoms with Crippen LogP contribution < -0.4 is 5.73 Å². The van der Waals surface area contributed by atoms with Crippen molar-refractivity contribution in [2.75, 3.05) is 12.3 Å². The fourth-order valence-corrected chi connectivity index (χ4v) is 3.61. The van der Waals surface area contributed by atoms with Crippen LogP contribution in [0.25, 0.3) is 0 Å². The van der Waals surface area contributed by atoms with Crippen LogP contribution in [0.2, 0.25) is 0 Å². The van der Waals surface area contributed by atoms with E-state index in [1.165, 1.54) is 11.3 Å². The monoisotopic (exact) mass is 311 g/mol. The molecule has 3 heterocycles. The number of hydrogen-bond acceptors (Lipinski definition) is 5. The first-order valence-corrected chi connectivity index (χ1v) is 7.49. The number of piperidine rings is 1. The maximum Gasteiger partial charge on any atom is 0.288 e. The Labute approximate surface area is 124 Å². The zero-order chi connectivity index (χ0) is 15.4. The zero-order valence-corrected chi connectivity index (χ0v) is 12.2. The minimum absolute atomic E-state index is 0.0303. The lowest BCUT2D eigenvalue weighted by Crippen LogP contribution is -2.61. The van der Waals surface area contributed by atoms with Crippen LogP contribution in [0.1, 0.15) is 35.7 Å². The summed E-state index contributed by atoms with van der Waals surface area (Å²) in [6.45, 7) is 1.66. The average molecular weight is 311 g/mol. The van der Waals surface area contributed by atoms with E-state index in [4.69, 9.17) is 5.73 Å². The van der Waals surface area contributed by atoms with Gasteiger partial charge in [-0.05, 0) is 6.92 Å². The Balaban J connectivity index is 1.95. The predicted molar refractivity (Wildman–Crippen MR) is 74.1 cm³/mol. The number of halogens is 1. The van der Waals surface area contributed by atoms with Gasteiger partial charge in [-0.15, -0.1) is 11.3 Å². The minimum atomic E-state index is -2.47. The van der Waals surface area contributed by atoms with Crippen molar-refractivity contribution in [1.82, 2.24) is 9.80 Å². The van der Waals surface area contributed by atoms with Crippen molar-refractivity contribution in [2.45, 2.75) is 32.1 Å². The van der Waals surface area contributed by atoms with Crippen molar-refractivity contribution in [2.24, 2.45) is 0 Å². The number of anilines is 1. The van der Waals surface area contributed by atoms with E-state index in [-0.39, 0.29) is 25.9 Å². The summed E-state index contributed by atoms with van der Waals surface area (Å²) in [5.74, 6) is -4.37. The van der Waals surface area contributed by atoms with E-state index in [0.29, 0.717) is 16.1 Å². The number of nitrogens with zero attached hydrogens (tertiary/aromatic N) is 2. The van der Waals surface area contributed by atoms with E-state index in [1.54, 1.807) is 12.3 Å². The third-order valence-corrected chi connectivity index (χ3v) is 4.86. The number of carbonyl (C=O) groups excluding carboxylic acids is 3. The van der Waals surface area contributed by atoms with Crippen LogP contribution in [0.5, 0.6) is 0 Å². The summed E-state index contributed by atoms with van der Waals surface area (Å²) in [6.07, 6.45) is -0.400. The summed E-state index contributed by atoms with van der Waals surface area (Å²) in [6, 6.07) is 0. The maximum atomic E-state index is 15.2. The summed E-state index contributed by atoms with van der Waals surface area (Å²) in [5, 5.41) is 2.03. The smallest absolute Gasteiger partial charge is 0.288 e. The zero-order valence-electron chi connectivity index (χ0n) is 11.4. The molecule has 2 aliphatic heterocycles. The van der Waals surface area contributed by atoms with Crippen LogP contribution >= 0.6 is 11.3 Å². The van der Waals surface area contributed by atoms with Gasteiger partial charge in [0.15, 0.2) is 0 Å². The third kappa shape index (κ3) is 1.78. The summed E-state index contributed by atoms with van der Waals surface area (Å²) in [4.78, 5) is 38.0. The molecule has 21 heavy (non-hydrogen) atoms. The summed E-state index contributed by atoms with van der Waals surface area (Å²) >= 11 is 1.22. The van der Waals surface area contributed by atoms with Crippen LogP contribution in [-0.4, -0.2) is 39.9 Å². The molecule has 8 heteroatoms. The number of nitrogen functional groups attached to an aromatic ring is 1. The van der Waals surface area contributed by atoms with Crippen molar-refractivity contribution in [1.29, 1.82) is 0 Å². The van der Waals surface area contributed by atoms with E-state index in [9.17, 15) is 14.4 Å². The molecule has 1 aromatic heterocycles. The molecular weight excluding hydrogens is 297 g/mol. The van der Waals surface area contributed by atoms with E-state index in [2.05, 4.69) is 0 Å². The van der Waals surface area contributed by atoms with Crippen LogP contribution in [0.3, 0.4) is 0 Å². The number of likely N-dealkylation sites (N-methyl/N-ethyl adjacent to an activating group) is 1. The number of imide groups is 1. The Morgan fingerprint density at radius 2 is 2.14 bits per heavy atom. The van der Waals surface area contributed by atoms with Gasteiger partial charge < -0.3 is 5.73 Å². The highest BCUT2D eigenvalue weighted by Crippen LogP contribution is 2.40. The Hall–Kier alpha value is -1.96. The summed E-state index contributed by atoms with van der Waals surface area (Å²) in [5.41, 5.74) is 6.68. The molecular formula is C13H14FN3O3S. The quantitative estimate of drug-likeness (QED) is 0.655. The molecule has 0 bridgehead atoms. The number of hydrogen-bond donors (Lipinski definition) is 1. The molecule has 1 saturated heterocycles. The molecule has 112 valence electrons. The Morgan fingerprint density at radius 1 is 1.43 bits per heavy atom. The Bertz CT molecular complexity index is 659. The first kappa shape index (κ1) is 14.0. The first-order valence-electron chi connectivity index (χ1n) is 6.61. The molecule has 1 aromatic rings. The standard InChI is InChI=1S/C13H14FN3O3S/c1-2-16-9(18)3-4-13(14,12(16)20)17-5-7-8(11(17)19)6-21-10(7)15/h6H,2-5,15H2,1H3. The number of carbonyl (C=O) groups is 3. The number of rotatable bonds is 2. The SMILES string of the molecule is CCN1C(=O)CCC(F)(N2Cc3c(csc3N)C2=O)C1=O. The largest absolute Gasteiger partial charge is 0.390 e. The molecule has 0 saturated carbocycles. The molecule has 3 amide bonds. The predicted octanol–water partition coefficient (Wildman–Crippen LogP) is 1.12. The van der Waals surface area contributed by atoms with Crippen molar-refractivity contribution in [3.63, 3.8) is 0 Å². The lowest BCUT2D eigenvalue weighted by atomic mass is 9.99. The molecule has 1 fully saturated rings. The van der Waals surface area contributed by atoms with Gasteiger partial charge in [0.2, 0.25) is 5.91 Å². The topological polar surface area (TPSA) is 83.7 Å². The minimum Gasteiger partial charge on any atom is -0.390 e. The van der Waals surface area contributed by atoms with E-state index in [1.807, 2.05) is 0 Å². The lowest BCUT2D eigenvalue weighted by molar-refractivity contribution is -0.169. The van der Waals surface area contributed by atoms with E-state index in [0.717, 1.165) is 9.80 Å². The van der Waals surface area contributed by atoms with Gasteiger partial charge in [-0.1, -0.05) is 0 Å². The molecule has 0 aliphatic carbocycles. The van der Waals surface area contributed by atoms with Gasteiger partial charge in [0.1, 0.15) is 0 Å². The second-order valence-electron chi connectivity index (χ2n) is 5.09. The van der Waals surface area contributed by atoms with Crippen LogP contribution in [0.15, 0.2) is 5.38 Å². The van der Waals surface area contributed by atoms with Gasteiger partial charge >= 0.3 is 0 Å². The van der Waals surface area contributed by atoms with Gasteiger partial charge in [-0.2, -0.15) is 0 Å². The highest BCUT2D eigenvalue weighted by Gasteiger charge is 2.55. The molecule has 0 radical (unpaired) electrons. The number of nitrogens with two attached hydrogens (primary N) is 1. The normalized spacial score (nSPS) is 25.7. The molecule has 3 rings (SSSR count). The Kier molecular flexibility index (Phi) is 3.01. The molecule has 2 aliphatic rings. The second kappa shape index (κ2) is 4.52. The van der Waals surface area contributed by atoms with Crippen LogP contribution in [0, 0.1) is 0 Å². The van der Waals surface area contributed by atoms with E-state index >= 15 is 4.39 Å². The van der Waals surface area contributed by atoms with Gasteiger partial charge in [0.25, 0.3) is 17.6 Å². The molecule has 2 N–H and O–H groups in total. The van der Waals surface area contributed by atoms with Crippen LogP contribution in [-0.2, 0) is 16.1 Å². The number of thiophene rings is 1. The fraction of sp³-hybridized carbons (Fsp3) is 0.462. The summed E-state index contributed by atoms with van der Waals surface area (Å²) < 4.78 is 15.2. The number of likely N-dealkylation sites (tertiary alicyclic amines) is 1. The fourth-order valence-electron chi connectivity index (χ4n) is 2.81. The molecule has 6 nitrogen and oxygen atoms in total. The van der Waals surface area contributed by atoms with Crippen molar-refractivity contribution in [3.8, 4) is 0 Å². The van der Waals surface area contributed by atoms with Gasteiger partial charge in [-0.25, -0.2) is 4.39 Å². The third-order valence-electron chi connectivity index (χ3n) is 4.01. The molecule has 1 atom stereocenters. The number of alkyl halides is 1. The summed E-state index contributed by atoms with van der Waals surface area (Å²) in [7, 11) is 0. The first-order chi connectivity index (χ1) is 9.90. The number of amides is 3. The average Bonchev–Trinajstić information content (AvgIpc) is 2.97. The number of fused-ring (bicyclic) bond motifs is 1. The molecule has 0 spiro atoms.